The first-order chi connectivity index (χ1) is 12.5. The van der Waals surface area contributed by atoms with Crippen molar-refractivity contribution in [3.05, 3.63) is 63.5 Å². The van der Waals surface area contributed by atoms with E-state index in [-0.39, 0.29) is 24.6 Å². The summed E-state index contributed by atoms with van der Waals surface area (Å²) in [5.41, 5.74) is 4.77. The number of ether oxygens (including phenoxy) is 1. The molecule has 2 aromatic carbocycles. The molecule has 0 bridgehead atoms. The highest BCUT2D eigenvalue weighted by atomic mass is 35.5. The third-order valence-corrected chi connectivity index (χ3v) is 3.86. The molecule has 1 aliphatic heterocycles. The van der Waals surface area contributed by atoms with E-state index >= 15 is 0 Å². The molecule has 0 radical (unpaired) electrons. The highest BCUT2D eigenvalue weighted by Gasteiger charge is 2.14. The summed E-state index contributed by atoms with van der Waals surface area (Å²) in [6.07, 6.45) is -0.601. The molecular formula is C17H13ClN4O4. The first-order valence-corrected chi connectivity index (χ1v) is 7.94. The number of benzene rings is 2. The Morgan fingerprint density at radius 3 is 2.69 bits per heavy atom. The Hall–Kier alpha value is -3.26. The molecule has 0 fully saturated rings. The van der Waals surface area contributed by atoms with Gasteiger partial charge < -0.3 is 10.1 Å². The van der Waals surface area contributed by atoms with Crippen molar-refractivity contribution >= 4 is 40.7 Å². The van der Waals surface area contributed by atoms with Crippen LogP contribution in [0.15, 0.2) is 52.7 Å². The van der Waals surface area contributed by atoms with E-state index in [0.717, 1.165) is 5.56 Å². The van der Waals surface area contributed by atoms with Gasteiger partial charge in [0.05, 0.1) is 6.42 Å². The second-order valence-electron chi connectivity index (χ2n) is 5.41. The number of carbonyl (C=O) groups is 2. The number of halogens is 1. The second kappa shape index (κ2) is 7.75. The molecule has 3 rings (SSSR count). The maximum absolute atomic E-state index is 12.2. The van der Waals surface area contributed by atoms with Gasteiger partial charge in [-0.05, 0) is 35.0 Å². The number of hydrogen-bond donors (Lipinski definition) is 2. The van der Waals surface area contributed by atoms with Crippen LogP contribution in [-0.4, -0.2) is 24.3 Å². The molecule has 0 saturated carbocycles. The SMILES string of the molecule is O=Nc1cc(Cl)ccc1CC(=O)Nc1ccc(C2=NNC(=O)OC2)cc1. The number of anilines is 1. The van der Waals surface area contributed by atoms with Crippen molar-refractivity contribution in [2.24, 2.45) is 10.3 Å². The molecule has 9 heteroatoms. The van der Waals surface area contributed by atoms with E-state index in [4.69, 9.17) is 16.3 Å². The molecule has 0 unspecified atom stereocenters. The number of hydrazone groups is 1. The summed E-state index contributed by atoms with van der Waals surface area (Å²) >= 11 is 5.81. The zero-order valence-corrected chi connectivity index (χ0v) is 14.1. The smallest absolute Gasteiger partial charge is 0.428 e. The minimum atomic E-state index is -0.594. The van der Waals surface area contributed by atoms with E-state index in [1.807, 2.05) is 0 Å². The number of nitrogens with zero attached hydrogens (tertiary/aromatic N) is 2. The number of amides is 2. The van der Waals surface area contributed by atoms with E-state index in [1.54, 1.807) is 36.4 Å². The van der Waals surface area contributed by atoms with E-state index in [2.05, 4.69) is 21.0 Å². The third kappa shape index (κ3) is 4.22. The molecule has 26 heavy (non-hydrogen) atoms. The average molecular weight is 373 g/mol. The van der Waals surface area contributed by atoms with Gasteiger partial charge in [0.2, 0.25) is 5.91 Å². The fourth-order valence-electron chi connectivity index (χ4n) is 2.36. The fraction of sp³-hybridized carbons (Fsp3) is 0.118. The molecule has 0 aliphatic carbocycles. The number of nitroso groups, excluding NO2 is 1. The standard InChI is InChI=1S/C17H13ClN4O4/c18-12-4-1-11(14(8-12)22-25)7-16(23)19-13-5-2-10(3-6-13)15-9-26-17(24)21-20-15/h1-6,8H,7,9H2,(H,19,23)(H,21,24). The van der Waals surface area contributed by atoms with Crippen molar-refractivity contribution in [2.45, 2.75) is 6.42 Å². The van der Waals surface area contributed by atoms with Crippen LogP contribution in [0.1, 0.15) is 11.1 Å². The first-order valence-electron chi connectivity index (χ1n) is 7.56. The van der Waals surface area contributed by atoms with Crippen molar-refractivity contribution in [3.63, 3.8) is 0 Å². The Morgan fingerprint density at radius 1 is 1.27 bits per heavy atom. The summed E-state index contributed by atoms with van der Waals surface area (Å²) < 4.78 is 4.84. The Balaban J connectivity index is 1.65. The summed E-state index contributed by atoms with van der Waals surface area (Å²) in [7, 11) is 0. The summed E-state index contributed by atoms with van der Waals surface area (Å²) in [4.78, 5) is 33.9. The van der Waals surface area contributed by atoms with Crippen molar-refractivity contribution in [1.82, 2.24) is 5.43 Å². The van der Waals surface area contributed by atoms with Crippen LogP contribution >= 0.6 is 11.6 Å². The Bertz CT molecular complexity index is 896. The van der Waals surface area contributed by atoms with Gasteiger partial charge in [0.15, 0.2) is 0 Å². The molecule has 0 atom stereocenters. The number of hydrogen-bond acceptors (Lipinski definition) is 6. The van der Waals surface area contributed by atoms with Crippen LogP contribution in [0.4, 0.5) is 16.2 Å². The first kappa shape index (κ1) is 17.6. The molecule has 2 aromatic rings. The number of cyclic esters (lactones) is 1. The van der Waals surface area contributed by atoms with Crippen LogP contribution in [0.3, 0.4) is 0 Å². The molecule has 1 heterocycles. The Morgan fingerprint density at radius 2 is 2.04 bits per heavy atom. The molecular weight excluding hydrogens is 360 g/mol. The van der Waals surface area contributed by atoms with Gasteiger partial charge in [-0.1, -0.05) is 29.8 Å². The number of nitrogens with one attached hydrogen (secondary N) is 2. The lowest BCUT2D eigenvalue weighted by atomic mass is 10.1. The van der Waals surface area contributed by atoms with Gasteiger partial charge in [-0.2, -0.15) is 5.10 Å². The molecule has 132 valence electrons. The predicted octanol–water partition coefficient (Wildman–Crippen LogP) is 3.36. The molecule has 0 spiro atoms. The summed E-state index contributed by atoms with van der Waals surface area (Å²) in [6, 6.07) is 11.5. The van der Waals surface area contributed by atoms with Crippen LogP contribution in [0.25, 0.3) is 0 Å². The minimum Gasteiger partial charge on any atom is -0.442 e. The van der Waals surface area contributed by atoms with Gasteiger partial charge in [0.25, 0.3) is 0 Å². The van der Waals surface area contributed by atoms with Crippen LogP contribution < -0.4 is 10.7 Å². The quantitative estimate of drug-likeness (QED) is 0.784. The number of carbonyl (C=O) groups excluding carboxylic acids is 2. The second-order valence-corrected chi connectivity index (χ2v) is 5.85. The lowest BCUT2D eigenvalue weighted by Gasteiger charge is -2.13. The monoisotopic (exact) mass is 372 g/mol. The van der Waals surface area contributed by atoms with Gasteiger partial charge in [-0.25, -0.2) is 10.2 Å². The van der Waals surface area contributed by atoms with Crippen LogP contribution in [0, 0.1) is 4.91 Å². The lowest BCUT2D eigenvalue weighted by Crippen LogP contribution is -2.30. The van der Waals surface area contributed by atoms with E-state index in [0.29, 0.717) is 22.0 Å². The van der Waals surface area contributed by atoms with Crippen LogP contribution in [0.5, 0.6) is 0 Å². The highest BCUT2D eigenvalue weighted by Crippen LogP contribution is 2.24. The van der Waals surface area contributed by atoms with Gasteiger partial charge in [0.1, 0.15) is 18.0 Å². The zero-order chi connectivity index (χ0) is 18.5. The molecule has 2 N–H and O–H groups in total. The van der Waals surface area contributed by atoms with Crippen molar-refractivity contribution in [1.29, 1.82) is 0 Å². The average Bonchev–Trinajstić information content (AvgIpc) is 2.64. The zero-order valence-electron chi connectivity index (χ0n) is 13.4. The van der Waals surface area contributed by atoms with E-state index in [1.165, 1.54) is 6.07 Å². The minimum absolute atomic E-state index is 0.00737. The van der Waals surface area contributed by atoms with E-state index in [9.17, 15) is 14.5 Å². The van der Waals surface area contributed by atoms with Crippen molar-refractivity contribution in [2.75, 3.05) is 11.9 Å². The highest BCUT2D eigenvalue weighted by molar-refractivity contribution is 6.30. The Labute approximate surface area is 153 Å². The van der Waals surface area contributed by atoms with Crippen molar-refractivity contribution < 1.29 is 14.3 Å². The normalized spacial score (nSPS) is 13.3. The third-order valence-electron chi connectivity index (χ3n) is 3.62. The molecule has 0 aromatic heterocycles. The molecule has 8 nitrogen and oxygen atoms in total. The summed E-state index contributed by atoms with van der Waals surface area (Å²) in [6.45, 7) is 0.0789. The van der Waals surface area contributed by atoms with Gasteiger partial charge >= 0.3 is 6.09 Å². The maximum atomic E-state index is 12.2. The molecule has 2 amide bonds. The largest absolute Gasteiger partial charge is 0.442 e. The van der Waals surface area contributed by atoms with Gasteiger partial charge in [-0.3, -0.25) is 4.79 Å². The topological polar surface area (TPSA) is 109 Å². The molecule has 1 aliphatic rings. The summed E-state index contributed by atoms with van der Waals surface area (Å²) in [5.74, 6) is -0.296. The number of rotatable bonds is 5. The maximum Gasteiger partial charge on any atom is 0.428 e. The molecule has 0 saturated heterocycles. The van der Waals surface area contributed by atoms with Crippen LogP contribution in [0.2, 0.25) is 5.02 Å². The Kier molecular flexibility index (Phi) is 5.23. The summed E-state index contributed by atoms with van der Waals surface area (Å²) in [5, 5.41) is 9.91. The van der Waals surface area contributed by atoms with Crippen LogP contribution in [-0.2, 0) is 16.0 Å². The van der Waals surface area contributed by atoms with Gasteiger partial charge in [-0.15, -0.1) is 4.91 Å². The fourth-order valence-corrected chi connectivity index (χ4v) is 2.52. The van der Waals surface area contributed by atoms with Crippen molar-refractivity contribution in [3.8, 4) is 0 Å². The lowest BCUT2D eigenvalue weighted by molar-refractivity contribution is -0.115. The predicted molar refractivity (Wildman–Crippen MR) is 96.7 cm³/mol. The van der Waals surface area contributed by atoms with Gasteiger partial charge in [0, 0.05) is 16.3 Å². The van der Waals surface area contributed by atoms with E-state index < -0.39 is 6.09 Å².